The van der Waals surface area contributed by atoms with Crippen LogP contribution in [0.2, 0.25) is 5.02 Å². The molecule has 0 aliphatic heterocycles. The maximum absolute atomic E-state index is 14.2. The van der Waals surface area contributed by atoms with E-state index in [9.17, 15) is 9.18 Å². The van der Waals surface area contributed by atoms with Crippen molar-refractivity contribution in [1.29, 1.82) is 0 Å². The van der Waals surface area contributed by atoms with Crippen LogP contribution in [0.25, 0.3) is 11.3 Å². The van der Waals surface area contributed by atoms with Crippen LogP contribution in [0.5, 0.6) is 0 Å². The van der Waals surface area contributed by atoms with Gasteiger partial charge in [0, 0.05) is 35.3 Å². The van der Waals surface area contributed by atoms with Crippen LogP contribution < -0.4 is 0 Å². The number of rotatable bonds is 5. The highest BCUT2D eigenvalue weighted by atomic mass is 35.5. The fourth-order valence-corrected chi connectivity index (χ4v) is 3.16. The highest BCUT2D eigenvalue weighted by Crippen LogP contribution is 2.31. The quantitative estimate of drug-likeness (QED) is 0.632. The molecule has 0 fully saturated rings. The first-order valence-corrected chi connectivity index (χ1v) is 8.51. The molecule has 0 saturated carbocycles. The minimum atomic E-state index is -0.554. The van der Waals surface area contributed by atoms with Crippen molar-refractivity contribution in [2.45, 2.75) is 6.54 Å². The van der Waals surface area contributed by atoms with Crippen LogP contribution in [0.1, 0.15) is 21.5 Å². The Morgan fingerprint density at radius 1 is 1.19 bits per heavy atom. The molecular weight excluding hydrogens is 353 g/mol. The monoisotopic (exact) mass is 371 g/mol. The highest BCUT2D eigenvalue weighted by Gasteiger charge is 2.22. The summed E-state index contributed by atoms with van der Waals surface area (Å²) in [6.07, 6.45) is 1.78. The molecule has 0 aliphatic rings. The molecule has 0 atom stereocenters. The summed E-state index contributed by atoms with van der Waals surface area (Å²) in [5.41, 5.74) is 2.84. The third-order valence-corrected chi connectivity index (χ3v) is 4.34. The predicted octanol–water partition coefficient (Wildman–Crippen LogP) is 4.17. The molecule has 0 saturated heterocycles. The third-order valence-electron chi connectivity index (χ3n) is 4.10. The SMILES string of the molecule is CN(C)Cc1cnn(C)c1-c1ccc(Cl)cc1C(=O)c1ccccc1F. The van der Waals surface area contributed by atoms with Crippen LogP contribution in [0.15, 0.2) is 48.7 Å². The van der Waals surface area contributed by atoms with Crippen LogP contribution in [0, 0.1) is 5.82 Å². The van der Waals surface area contributed by atoms with E-state index in [4.69, 9.17) is 11.6 Å². The molecule has 0 aliphatic carbocycles. The second-order valence-corrected chi connectivity index (χ2v) is 6.82. The lowest BCUT2D eigenvalue weighted by Gasteiger charge is -2.14. The summed E-state index contributed by atoms with van der Waals surface area (Å²) in [6.45, 7) is 0.666. The molecule has 0 amide bonds. The van der Waals surface area contributed by atoms with Crippen molar-refractivity contribution in [2.24, 2.45) is 7.05 Å². The molecular formula is C20H19ClFN3O. The summed E-state index contributed by atoms with van der Waals surface area (Å²) in [5, 5.41) is 4.75. The van der Waals surface area contributed by atoms with Crippen LogP contribution in [0.3, 0.4) is 0 Å². The zero-order valence-electron chi connectivity index (χ0n) is 14.8. The molecule has 6 heteroatoms. The van der Waals surface area contributed by atoms with Gasteiger partial charge in [-0.25, -0.2) is 4.39 Å². The zero-order chi connectivity index (χ0) is 18.8. The third kappa shape index (κ3) is 3.54. The lowest BCUT2D eigenvalue weighted by molar-refractivity contribution is 0.103. The maximum atomic E-state index is 14.2. The fourth-order valence-electron chi connectivity index (χ4n) is 2.99. The number of aryl methyl sites for hydroxylation is 1. The number of nitrogens with zero attached hydrogens (tertiary/aromatic N) is 3. The Labute approximate surface area is 156 Å². The van der Waals surface area contributed by atoms with Crippen LogP contribution in [0.4, 0.5) is 4.39 Å². The second-order valence-electron chi connectivity index (χ2n) is 6.38. The van der Waals surface area contributed by atoms with E-state index in [1.54, 1.807) is 41.2 Å². The van der Waals surface area contributed by atoms with Crippen molar-refractivity contribution in [2.75, 3.05) is 14.1 Å². The topological polar surface area (TPSA) is 38.1 Å². The van der Waals surface area contributed by atoms with Crippen molar-refractivity contribution >= 4 is 17.4 Å². The summed E-state index contributed by atoms with van der Waals surface area (Å²) < 4.78 is 15.9. The average molecular weight is 372 g/mol. The molecule has 0 N–H and O–H groups in total. The normalized spacial score (nSPS) is 11.2. The van der Waals surface area contributed by atoms with Gasteiger partial charge in [-0.2, -0.15) is 5.10 Å². The van der Waals surface area contributed by atoms with Crippen molar-refractivity contribution in [1.82, 2.24) is 14.7 Å². The van der Waals surface area contributed by atoms with Crippen molar-refractivity contribution < 1.29 is 9.18 Å². The van der Waals surface area contributed by atoms with E-state index >= 15 is 0 Å². The Bertz CT molecular complexity index is 965. The van der Waals surface area contributed by atoms with Crippen LogP contribution >= 0.6 is 11.6 Å². The first-order valence-electron chi connectivity index (χ1n) is 8.13. The summed E-state index contributed by atoms with van der Waals surface area (Å²) in [5.74, 6) is -0.959. The summed E-state index contributed by atoms with van der Waals surface area (Å²) in [4.78, 5) is 15.1. The van der Waals surface area contributed by atoms with Gasteiger partial charge in [0.25, 0.3) is 0 Å². The molecule has 0 bridgehead atoms. The molecule has 0 spiro atoms. The molecule has 2 aromatic carbocycles. The van der Waals surface area contributed by atoms with E-state index in [2.05, 4.69) is 5.10 Å². The standard InChI is InChI=1S/C20H19ClFN3O/c1-24(2)12-13-11-23-25(3)19(13)15-9-8-14(21)10-17(15)20(26)16-6-4-5-7-18(16)22/h4-11H,12H2,1-3H3. The first kappa shape index (κ1) is 18.3. The van der Waals surface area contributed by atoms with Gasteiger partial charge >= 0.3 is 0 Å². The van der Waals surface area contributed by atoms with E-state index in [1.165, 1.54) is 12.1 Å². The van der Waals surface area contributed by atoms with E-state index in [0.29, 0.717) is 22.7 Å². The molecule has 3 aromatic rings. The van der Waals surface area contributed by atoms with E-state index in [0.717, 1.165) is 11.3 Å². The van der Waals surface area contributed by atoms with Gasteiger partial charge in [0.15, 0.2) is 5.78 Å². The Morgan fingerprint density at radius 3 is 2.62 bits per heavy atom. The minimum absolute atomic E-state index is 0.0207. The lowest BCUT2D eigenvalue weighted by Crippen LogP contribution is -2.12. The number of ketones is 1. The van der Waals surface area contributed by atoms with E-state index < -0.39 is 11.6 Å². The Kier molecular flexibility index (Phi) is 5.20. The molecule has 1 heterocycles. The molecule has 1 aromatic heterocycles. The van der Waals surface area contributed by atoms with Crippen LogP contribution in [-0.2, 0) is 13.6 Å². The van der Waals surface area contributed by atoms with Crippen molar-refractivity contribution in [3.8, 4) is 11.3 Å². The number of carbonyl (C=O) groups excluding carboxylic acids is 1. The summed E-state index contributed by atoms with van der Waals surface area (Å²) in [6, 6.07) is 11.0. The van der Waals surface area contributed by atoms with Gasteiger partial charge in [-0.1, -0.05) is 29.8 Å². The zero-order valence-corrected chi connectivity index (χ0v) is 15.6. The molecule has 134 valence electrons. The Hall–Kier alpha value is -2.50. The number of halogens is 2. The van der Waals surface area contributed by atoms with Crippen LogP contribution in [-0.4, -0.2) is 34.6 Å². The minimum Gasteiger partial charge on any atom is -0.305 e. The average Bonchev–Trinajstić information content (AvgIpc) is 2.94. The molecule has 26 heavy (non-hydrogen) atoms. The number of benzene rings is 2. The first-order chi connectivity index (χ1) is 12.4. The number of aromatic nitrogens is 2. The van der Waals surface area contributed by atoms with Gasteiger partial charge in [0.1, 0.15) is 5.82 Å². The van der Waals surface area contributed by atoms with E-state index in [1.807, 2.05) is 26.0 Å². The van der Waals surface area contributed by atoms with Crippen molar-refractivity contribution in [3.05, 3.63) is 76.2 Å². The second kappa shape index (κ2) is 7.40. The highest BCUT2D eigenvalue weighted by molar-refractivity contribution is 6.31. The van der Waals surface area contributed by atoms with Gasteiger partial charge in [-0.3, -0.25) is 9.48 Å². The number of hydrogen-bond donors (Lipinski definition) is 0. The van der Waals surface area contributed by atoms with Gasteiger partial charge in [0.05, 0.1) is 17.5 Å². The van der Waals surface area contributed by atoms with Gasteiger partial charge < -0.3 is 4.90 Å². The van der Waals surface area contributed by atoms with Gasteiger partial charge in [-0.05, 0) is 38.4 Å². The Morgan fingerprint density at radius 2 is 1.92 bits per heavy atom. The lowest BCUT2D eigenvalue weighted by atomic mass is 9.94. The summed E-state index contributed by atoms with van der Waals surface area (Å²) in [7, 11) is 5.74. The fraction of sp³-hybridized carbons (Fsp3) is 0.200. The smallest absolute Gasteiger partial charge is 0.196 e. The maximum Gasteiger partial charge on any atom is 0.196 e. The predicted molar refractivity (Wildman–Crippen MR) is 101 cm³/mol. The van der Waals surface area contributed by atoms with E-state index in [-0.39, 0.29) is 5.56 Å². The molecule has 0 radical (unpaired) electrons. The molecule has 3 rings (SSSR count). The molecule has 0 unspecified atom stereocenters. The van der Waals surface area contributed by atoms with Crippen molar-refractivity contribution in [3.63, 3.8) is 0 Å². The Balaban J connectivity index is 2.18. The summed E-state index contributed by atoms with van der Waals surface area (Å²) >= 11 is 6.14. The number of hydrogen-bond acceptors (Lipinski definition) is 3. The molecule has 4 nitrogen and oxygen atoms in total. The number of carbonyl (C=O) groups is 1. The van der Waals surface area contributed by atoms with Gasteiger partial charge in [-0.15, -0.1) is 0 Å². The largest absolute Gasteiger partial charge is 0.305 e. The van der Waals surface area contributed by atoms with Gasteiger partial charge in [0.2, 0.25) is 0 Å².